The van der Waals surface area contributed by atoms with Crippen LogP contribution in [0, 0.1) is 0 Å². The van der Waals surface area contributed by atoms with Crippen molar-refractivity contribution in [2.45, 2.75) is 46.1 Å². The average Bonchev–Trinajstić information content (AvgIpc) is 3.29. The smallest absolute Gasteiger partial charge is 0.260 e. The summed E-state index contributed by atoms with van der Waals surface area (Å²) in [7, 11) is 0. The number of fused-ring (bicyclic) bond motifs is 1. The minimum atomic E-state index is -0.0915. The van der Waals surface area contributed by atoms with Crippen molar-refractivity contribution in [3.63, 3.8) is 0 Å². The molecule has 0 aliphatic rings. The van der Waals surface area contributed by atoms with Crippen LogP contribution in [0.4, 0.5) is 5.13 Å². The van der Waals surface area contributed by atoms with Crippen LogP contribution in [0.1, 0.15) is 54.6 Å². The molecule has 2 aromatic heterocycles. The maximum Gasteiger partial charge on any atom is 0.260 e. The lowest BCUT2D eigenvalue weighted by Crippen LogP contribution is -2.30. The molecule has 0 fully saturated rings. The Bertz CT molecular complexity index is 1190. The summed E-state index contributed by atoms with van der Waals surface area (Å²) in [4.78, 5) is 24.3. The summed E-state index contributed by atoms with van der Waals surface area (Å²) >= 11 is 1.54. The Hall–Kier alpha value is -3.25. The lowest BCUT2D eigenvalue weighted by Gasteiger charge is -2.20. The van der Waals surface area contributed by atoms with Gasteiger partial charge in [-0.1, -0.05) is 50.2 Å². The fraction of sp³-hybridized carbons (Fsp3) is 0.296. The molecule has 1 amide bonds. The fourth-order valence-electron chi connectivity index (χ4n) is 3.58. The van der Waals surface area contributed by atoms with Crippen LogP contribution in [0.25, 0.3) is 10.2 Å². The summed E-state index contributed by atoms with van der Waals surface area (Å²) in [6.07, 6.45) is 7.84. The molecule has 4 rings (SSSR count). The van der Waals surface area contributed by atoms with Gasteiger partial charge < -0.3 is 4.74 Å². The number of nitrogens with zero attached hydrogens (tertiary/aromatic N) is 3. The first-order valence-corrected chi connectivity index (χ1v) is 12.3. The number of pyridine rings is 1. The van der Waals surface area contributed by atoms with Crippen LogP contribution in [0.15, 0.2) is 67.0 Å². The van der Waals surface area contributed by atoms with E-state index in [-0.39, 0.29) is 5.91 Å². The van der Waals surface area contributed by atoms with E-state index in [1.807, 2.05) is 42.5 Å². The molecule has 0 radical (unpaired) electrons. The van der Waals surface area contributed by atoms with Crippen LogP contribution in [0.5, 0.6) is 5.75 Å². The lowest BCUT2D eigenvalue weighted by molar-refractivity contribution is 0.0985. The number of amides is 1. The fourth-order valence-corrected chi connectivity index (χ4v) is 4.61. The maximum atomic E-state index is 13.6. The Morgan fingerprint density at radius 2 is 1.88 bits per heavy atom. The average molecular weight is 460 g/mol. The molecule has 2 aromatic carbocycles. The zero-order valence-electron chi connectivity index (χ0n) is 19.2. The van der Waals surface area contributed by atoms with Gasteiger partial charge in [0.2, 0.25) is 0 Å². The number of unbranched alkanes of at least 4 members (excludes halogenated alkanes) is 2. The zero-order chi connectivity index (χ0) is 23.0. The third-order valence-electron chi connectivity index (χ3n) is 5.51. The first-order valence-electron chi connectivity index (χ1n) is 11.5. The van der Waals surface area contributed by atoms with E-state index in [2.05, 4.69) is 31.0 Å². The molecule has 5 nitrogen and oxygen atoms in total. The van der Waals surface area contributed by atoms with E-state index in [0.29, 0.717) is 23.8 Å². The third-order valence-corrected chi connectivity index (χ3v) is 6.55. The summed E-state index contributed by atoms with van der Waals surface area (Å²) in [5.41, 5.74) is 3.73. The van der Waals surface area contributed by atoms with Gasteiger partial charge in [-0.2, -0.15) is 0 Å². The first kappa shape index (κ1) is 22.9. The van der Waals surface area contributed by atoms with Crippen molar-refractivity contribution in [3.8, 4) is 5.75 Å². The number of benzene rings is 2. The molecule has 0 saturated heterocycles. The summed E-state index contributed by atoms with van der Waals surface area (Å²) in [6, 6.07) is 17.5. The summed E-state index contributed by atoms with van der Waals surface area (Å²) in [5.74, 6) is 0.694. The topological polar surface area (TPSA) is 55.3 Å². The number of aryl methyl sites for hydroxylation is 1. The SMILES string of the molecule is CCCCCOc1ccc(C(=O)N(Cc2cccnc2)c2nc3ccc(CC)cc3s2)cc1. The van der Waals surface area contributed by atoms with Crippen LogP contribution >= 0.6 is 11.3 Å². The number of thiazole rings is 1. The molecular weight excluding hydrogens is 430 g/mol. The standard InChI is InChI=1S/C27H29N3O2S/c1-3-5-6-16-32-23-12-10-22(11-13-23)26(31)30(19-21-8-7-15-28-18-21)27-29-24-14-9-20(4-2)17-25(24)33-27/h7-15,17-18H,3-6,16,19H2,1-2H3. The number of aromatic nitrogens is 2. The maximum absolute atomic E-state index is 13.6. The van der Waals surface area contributed by atoms with E-state index >= 15 is 0 Å². The number of carbonyl (C=O) groups is 1. The second kappa shape index (κ2) is 11.1. The highest BCUT2D eigenvalue weighted by atomic mass is 32.1. The van der Waals surface area contributed by atoms with Crippen molar-refractivity contribution in [1.82, 2.24) is 9.97 Å². The Balaban J connectivity index is 1.60. The van der Waals surface area contributed by atoms with Gasteiger partial charge in [0.15, 0.2) is 5.13 Å². The quantitative estimate of drug-likeness (QED) is 0.249. The predicted molar refractivity (Wildman–Crippen MR) is 135 cm³/mol. The predicted octanol–water partition coefficient (Wildman–Crippen LogP) is 6.67. The van der Waals surface area contributed by atoms with Crippen LogP contribution in [0.3, 0.4) is 0 Å². The molecule has 170 valence electrons. The molecule has 0 bridgehead atoms. The van der Waals surface area contributed by atoms with Gasteiger partial charge in [-0.25, -0.2) is 4.98 Å². The molecule has 2 heterocycles. The number of hydrogen-bond donors (Lipinski definition) is 0. The summed E-state index contributed by atoms with van der Waals surface area (Å²) < 4.78 is 6.89. The monoisotopic (exact) mass is 459 g/mol. The van der Waals surface area contributed by atoms with Crippen LogP contribution < -0.4 is 9.64 Å². The van der Waals surface area contributed by atoms with Crippen LogP contribution in [0.2, 0.25) is 0 Å². The zero-order valence-corrected chi connectivity index (χ0v) is 20.0. The minimum Gasteiger partial charge on any atom is -0.494 e. The molecule has 6 heteroatoms. The molecule has 0 atom stereocenters. The van der Waals surface area contributed by atoms with Gasteiger partial charge in [0.25, 0.3) is 5.91 Å². The van der Waals surface area contributed by atoms with E-state index in [0.717, 1.165) is 47.2 Å². The van der Waals surface area contributed by atoms with Crippen LogP contribution in [-0.2, 0) is 13.0 Å². The van der Waals surface area contributed by atoms with Gasteiger partial charge in [-0.15, -0.1) is 0 Å². The highest BCUT2D eigenvalue weighted by Gasteiger charge is 2.22. The number of anilines is 1. The summed E-state index contributed by atoms with van der Waals surface area (Å²) in [5, 5.41) is 0.687. The molecular formula is C27H29N3O2S. The molecule has 0 spiro atoms. The molecule has 0 aliphatic heterocycles. The molecule has 0 N–H and O–H groups in total. The van der Waals surface area contributed by atoms with Crippen molar-refractivity contribution >= 4 is 32.6 Å². The van der Waals surface area contributed by atoms with E-state index < -0.39 is 0 Å². The molecule has 33 heavy (non-hydrogen) atoms. The number of carbonyl (C=O) groups excluding carboxylic acids is 1. The Kier molecular flexibility index (Phi) is 7.68. The van der Waals surface area contributed by atoms with Crippen molar-refractivity contribution in [2.75, 3.05) is 11.5 Å². The van der Waals surface area contributed by atoms with E-state index in [4.69, 9.17) is 9.72 Å². The second-order valence-corrected chi connectivity index (χ2v) is 8.99. The Labute approximate surface area is 199 Å². The van der Waals surface area contributed by atoms with E-state index in [1.165, 1.54) is 5.56 Å². The first-order chi connectivity index (χ1) is 16.2. The third kappa shape index (κ3) is 5.76. The van der Waals surface area contributed by atoms with Crippen LogP contribution in [-0.4, -0.2) is 22.5 Å². The van der Waals surface area contributed by atoms with Gasteiger partial charge in [-0.05, 0) is 66.4 Å². The van der Waals surface area contributed by atoms with Crippen molar-refractivity contribution in [3.05, 3.63) is 83.7 Å². The van der Waals surface area contributed by atoms with Crippen molar-refractivity contribution < 1.29 is 9.53 Å². The van der Waals surface area contributed by atoms with Crippen molar-refractivity contribution in [2.24, 2.45) is 0 Å². The number of ether oxygens (including phenoxy) is 1. The number of rotatable bonds is 10. The molecule has 0 unspecified atom stereocenters. The minimum absolute atomic E-state index is 0.0915. The van der Waals surface area contributed by atoms with Gasteiger partial charge >= 0.3 is 0 Å². The lowest BCUT2D eigenvalue weighted by atomic mass is 10.1. The molecule has 0 saturated carbocycles. The van der Waals surface area contributed by atoms with Gasteiger partial charge in [0.05, 0.1) is 23.4 Å². The van der Waals surface area contributed by atoms with Gasteiger partial charge in [0, 0.05) is 18.0 Å². The highest BCUT2D eigenvalue weighted by molar-refractivity contribution is 7.22. The Morgan fingerprint density at radius 1 is 1.03 bits per heavy atom. The van der Waals surface area contributed by atoms with Crippen molar-refractivity contribution in [1.29, 1.82) is 0 Å². The van der Waals surface area contributed by atoms with Gasteiger partial charge in [-0.3, -0.25) is 14.7 Å². The molecule has 0 aliphatic carbocycles. The highest BCUT2D eigenvalue weighted by Crippen LogP contribution is 2.32. The largest absolute Gasteiger partial charge is 0.494 e. The summed E-state index contributed by atoms with van der Waals surface area (Å²) in [6.45, 7) is 5.41. The van der Waals surface area contributed by atoms with Gasteiger partial charge in [0.1, 0.15) is 5.75 Å². The van der Waals surface area contributed by atoms with E-state index in [9.17, 15) is 4.79 Å². The van der Waals surface area contributed by atoms with E-state index in [1.54, 1.807) is 28.6 Å². The molecule has 4 aromatic rings. The normalized spacial score (nSPS) is 11.0. The Morgan fingerprint density at radius 3 is 2.61 bits per heavy atom. The second-order valence-electron chi connectivity index (χ2n) is 7.98. The number of hydrogen-bond acceptors (Lipinski definition) is 5.